The van der Waals surface area contributed by atoms with E-state index >= 15 is 0 Å². The molecule has 0 bridgehead atoms. The second-order valence-corrected chi connectivity index (χ2v) is 3.49. The highest BCUT2D eigenvalue weighted by Gasteiger charge is 2.11. The number of benzene rings is 1. The first kappa shape index (κ1) is 7.69. The Morgan fingerprint density at radius 1 is 1.33 bits per heavy atom. The van der Waals surface area contributed by atoms with E-state index in [1.807, 2.05) is 25.3 Å². The Labute approximate surface area is 77.3 Å². The van der Waals surface area contributed by atoms with E-state index in [2.05, 4.69) is 17.0 Å². The summed E-state index contributed by atoms with van der Waals surface area (Å²) in [6.45, 7) is 0.818. The molecule has 0 radical (unpaired) electrons. The Kier molecular flexibility index (Phi) is 1.81. The van der Waals surface area contributed by atoms with Gasteiger partial charge in [-0.1, -0.05) is 29.8 Å². The minimum absolute atomic E-state index is 0.818. The number of hydrogen-bond donors (Lipinski definition) is 0. The van der Waals surface area contributed by atoms with Crippen LogP contribution < -0.4 is 4.90 Å². The normalized spacial score (nSPS) is 15.5. The highest BCUT2D eigenvalue weighted by atomic mass is 35.5. The third-order valence-electron chi connectivity index (χ3n) is 2.05. The van der Waals surface area contributed by atoms with E-state index in [-0.39, 0.29) is 0 Å². The third-order valence-corrected chi connectivity index (χ3v) is 2.28. The quantitative estimate of drug-likeness (QED) is 0.592. The molecule has 0 atom stereocenters. The van der Waals surface area contributed by atoms with Gasteiger partial charge in [0.1, 0.15) is 0 Å². The zero-order valence-corrected chi connectivity index (χ0v) is 7.67. The standard InChI is InChI=1S/C10H10ClN/c1-12-7-9(11)6-8-4-2-3-5-10(8)12/h2-6H,7H2,1H3. The average Bonchev–Trinajstić information content (AvgIpc) is 2.04. The van der Waals surface area contributed by atoms with Crippen LogP contribution in [-0.2, 0) is 0 Å². The molecule has 0 amide bonds. The minimum Gasteiger partial charge on any atom is -0.369 e. The van der Waals surface area contributed by atoms with Gasteiger partial charge in [-0.05, 0) is 17.7 Å². The topological polar surface area (TPSA) is 3.24 Å². The van der Waals surface area contributed by atoms with E-state index in [9.17, 15) is 0 Å². The lowest BCUT2D eigenvalue weighted by Gasteiger charge is -2.25. The first-order valence-corrected chi connectivity index (χ1v) is 4.31. The highest BCUT2D eigenvalue weighted by molar-refractivity contribution is 6.32. The van der Waals surface area contributed by atoms with Crippen molar-refractivity contribution in [1.82, 2.24) is 0 Å². The van der Waals surface area contributed by atoms with Crippen molar-refractivity contribution in [2.45, 2.75) is 0 Å². The number of rotatable bonds is 0. The van der Waals surface area contributed by atoms with Crippen molar-refractivity contribution < 1.29 is 0 Å². The molecule has 12 heavy (non-hydrogen) atoms. The van der Waals surface area contributed by atoms with Gasteiger partial charge in [-0.3, -0.25) is 0 Å². The number of halogens is 1. The molecule has 0 spiro atoms. The molecule has 0 unspecified atom stereocenters. The van der Waals surface area contributed by atoms with E-state index < -0.39 is 0 Å². The molecule has 62 valence electrons. The van der Waals surface area contributed by atoms with Crippen molar-refractivity contribution >= 4 is 23.4 Å². The van der Waals surface area contributed by atoms with E-state index in [0.717, 1.165) is 11.6 Å². The van der Waals surface area contributed by atoms with Crippen LogP contribution in [0.1, 0.15) is 5.56 Å². The summed E-state index contributed by atoms with van der Waals surface area (Å²) >= 11 is 5.96. The van der Waals surface area contributed by atoms with E-state index in [1.54, 1.807) is 0 Å². The summed E-state index contributed by atoms with van der Waals surface area (Å²) in [5.74, 6) is 0. The van der Waals surface area contributed by atoms with Crippen LogP contribution in [0.2, 0.25) is 0 Å². The number of likely N-dealkylation sites (N-methyl/N-ethyl adjacent to an activating group) is 1. The Morgan fingerprint density at radius 3 is 2.92 bits per heavy atom. The van der Waals surface area contributed by atoms with Gasteiger partial charge in [0.25, 0.3) is 0 Å². The smallest absolute Gasteiger partial charge is 0.0533 e. The molecule has 0 saturated carbocycles. The van der Waals surface area contributed by atoms with Crippen LogP contribution in [0.5, 0.6) is 0 Å². The molecule has 1 aliphatic heterocycles. The maximum Gasteiger partial charge on any atom is 0.0533 e. The van der Waals surface area contributed by atoms with Crippen molar-refractivity contribution in [1.29, 1.82) is 0 Å². The van der Waals surface area contributed by atoms with Gasteiger partial charge in [-0.25, -0.2) is 0 Å². The number of hydrogen-bond acceptors (Lipinski definition) is 1. The molecule has 1 nitrogen and oxygen atoms in total. The Bertz CT molecular complexity index is 330. The zero-order valence-electron chi connectivity index (χ0n) is 6.92. The molecule has 1 heterocycles. The molecule has 1 aliphatic rings. The molecule has 1 aromatic rings. The first-order valence-electron chi connectivity index (χ1n) is 3.93. The summed E-state index contributed by atoms with van der Waals surface area (Å²) in [7, 11) is 2.05. The lowest BCUT2D eigenvalue weighted by atomic mass is 10.1. The first-order chi connectivity index (χ1) is 5.77. The SMILES string of the molecule is CN1CC(Cl)=Cc2ccccc21. The van der Waals surface area contributed by atoms with Crippen LogP contribution in [0.25, 0.3) is 6.08 Å². The monoisotopic (exact) mass is 179 g/mol. The van der Waals surface area contributed by atoms with Gasteiger partial charge >= 0.3 is 0 Å². The average molecular weight is 180 g/mol. The Hall–Kier alpha value is -0.950. The van der Waals surface area contributed by atoms with Gasteiger partial charge in [0.15, 0.2) is 0 Å². The molecule has 0 aromatic heterocycles. The second-order valence-electron chi connectivity index (χ2n) is 3.01. The predicted molar refractivity (Wildman–Crippen MR) is 53.5 cm³/mol. The highest BCUT2D eigenvalue weighted by Crippen LogP contribution is 2.28. The van der Waals surface area contributed by atoms with Crippen LogP contribution in [0.4, 0.5) is 5.69 Å². The van der Waals surface area contributed by atoms with Crippen molar-refractivity contribution in [2.75, 3.05) is 18.5 Å². The fourth-order valence-electron chi connectivity index (χ4n) is 1.48. The molecule has 0 saturated heterocycles. The molecule has 0 aliphatic carbocycles. The Morgan fingerprint density at radius 2 is 2.08 bits per heavy atom. The van der Waals surface area contributed by atoms with Crippen LogP contribution in [0.15, 0.2) is 29.3 Å². The molecule has 0 N–H and O–H groups in total. The van der Waals surface area contributed by atoms with Gasteiger partial charge in [0.2, 0.25) is 0 Å². The molecule has 0 fully saturated rings. The molecular weight excluding hydrogens is 170 g/mol. The maximum absolute atomic E-state index is 5.96. The van der Waals surface area contributed by atoms with Gasteiger partial charge in [-0.2, -0.15) is 0 Å². The molecular formula is C10H10ClN. The lowest BCUT2D eigenvalue weighted by molar-refractivity contribution is 1.01. The minimum atomic E-state index is 0.818. The number of nitrogens with zero attached hydrogens (tertiary/aromatic N) is 1. The number of anilines is 1. The van der Waals surface area contributed by atoms with E-state index in [4.69, 9.17) is 11.6 Å². The number of para-hydroxylation sites is 1. The Balaban J connectivity index is 2.55. The predicted octanol–water partition coefficient (Wildman–Crippen LogP) is 2.72. The van der Waals surface area contributed by atoms with Gasteiger partial charge in [0, 0.05) is 17.8 Å². The van der Waals surface area contributed by atoms with Gasteiger partial charge < -0.3 is 4.90 Å². The second kappa shape index (κ2) is 2.83. The van der Waals surface area contributed by atoms with Crippen LogP contribution in [0, 0.1) is 0 Å². The van der Waals surface area contributed by atoms with E-state index in [0.29, 0.717) is 0 Å². The van der Waals surface area contributed by atoms with Crippen LogP contribution in [-0.4, -0.2) is 13.6 Å². The summed E-state index contributed by atoms with van der Waals surface area (Å²) in [4.78, 5) is 2.15. The fraction of sp³-hybridized carbons (Fsp3) is 0.200. The largest absolute Gasteiger partial charge is 0.369 e. The van der Waals surface area contributed by atoms with Crippen molar-refractivity contribution in [3.8, 4) is 0 Å². The summed E-state index contributed by atoms with van der Waals surface area (Å²) < 4.78 is 0. The van der Waals surface area contributed by atoms with Crippen molar-refractivity contribution in [3.05, 3.63) is 34.9 Å². The van der Waals surface area contributed by atoms with Crippen molar-refractivity contribution in [2.24, 2.45) is 0 Å². The van der Waals surface area contributed by atoms with E-state index in [1.165, 1.54) is 11.3 Å². The third kappa shape index (κ3) is 1.21. The zero-order chi connectivity index (χ0) is 8.55. The fourth-order valence-corrected chi connectivity index (χ4v) is 1.78. The molecule has 1 aromatic carbocycles. The summed E-state index contributed by atoms with van der Waals surface area (Å²) in [6, 6.07) is 8.25. The molecule has 2 rings (SSSR count). The summed E-state index contributed by atoms with van der Waals surface area (Å²) in [5.41, 5.74) is 2.46. The summed E-state index contributed by atoms with van der Waals surface area (Å²) in [6.07, 6.45) is 2.02. The van der Waals surface area contributed by atoms with Gasteiger partial charge in [0.05, 0.1) is 6.54 Å². The van der Waals surface area contributed by atoms with Crippen molar-refractivity contribution in [3.63, 3.8) is 0 Å². The molecule has 2 heteroatoms. The van der Waals surface area contributed by atoms with Gasteiger partial charge in [-0.15, -0.1) is 0 Å². The summed E-state index contributed by atoms with van der Waals surface area (Å²) in [5, 5.41) is 0.899. The van der Waals surface area contributed by atoms with Crippen LogP contribution >= 0.6 is 11.6 Å². The lowest BCUT2D eigenvalue weighted by Crippen LogP contribution is -2.22. The maximum atomic E-state index is 5.96. The van der Waals surface area contributed by atoms with Crippen LogP contribution in [0.3, 0.4) is 0 Å². The number of fused-ring (bicyclic) bond motifs is 1.